The van der Waals surface area contributed by atoms with Crippen molar-refractivity contribution in [2.45, 2.75) is 6.10 Å². The topological polar surface area (TPSA) is 104 Å². The van der Waals surface area contributed by atoms with Crippen LogP contribution >= 0.6 is 27.5 Å². The molecule has 0 radical (unpaired) electrons. The van der Waals surface area contributed by atoms with E-state index < -0.39 is 36.9 Å². The largest absolute Gasteiger partial charge is 0.460 e. The minimum Gasteiger partial charge on any atom is -0.460 e. The minimum absolute atomic E-state index is 0.0749. The van der Waals surface area contributed by atoms with E-state index in [4.69, 9.17) is 26.0 Å². The molecule has 0 saturated heterocycles. The fourth-order valence-corrected chi connectivity index (χ4v) is 2.95. The van der Waals surface area contributed by atoms with E-state index in [2.05, 4.69) is 21.2 Å². The summed E-state index contributed by atoms with van der Waals surface area (Å²) >= 11 is 9.10. The Morgan fingerprint density at radius 3 is 2.79 bits per heavy atom. The highest BCUT2D eigenvalue weighted by molar-refractivity contribution is 9.10. The fourth-order valence-electron chi connectivity index (χ4n) is 2.44. The molecule has 1 unspecified atom stereocenters. The number of anilines is 2. The van der Waals surface area contributed by atoms with E-state index in [1.807, 2.05) is 5.48 Å². The van der Waals surface area contributed by atoms with Gasteiger partial charge in [0.25, 0.3) is 5.91 Å². The van der Waals surface area contributed by atoms with Crippen LogP contribution in [0.4, 0.5) is 20.2 Å². The number of amides is 1. The standard InChI is InChI=1S/C18H14BrClF2N2O5/c19-8-1-2-14(13(21)3-8)23-16-11(18(27)24-29-6-9(26)5-25)4-10-12(20)7-28-17(10)15(16)22/h1-4,7,9,23,25-26H,5-6H2,(H,24,27). The number of aliphatic hydroxyl groups excluding tert-OH is 2. The average molecular weight is 492 g/mol. The molecule has 3 aromatic rings. The summed E-state index contributed by atoms with van der Waals surface area (Å²) in [4.78, 5) is 17.3. The number of hydrogen-bond donors (Lipinski definition) is 4. The molecule has 4 N–H and O–H groups in total. The predicted molar refractivity (Wildman–Crippen MR) is 105 cm³/mol. The van der Waals surface area contributed by atoms with Crippen molar-refractivity contribution in [3.05, 3.63) is 57.2 Å². The van der Waals surface area contributed by atoms with Crippen molar-refractivity contribution >= 4 is 55.8 Å². The number of halogens is 4. The van der Waals surface area contributed by atoms with Crippen LogP contribution in [0.1, 0.15) is 10.4 Å². The van der Waals surface area contributed by atoms with Crippen molar-refractivity contribution in [2.24, 2.45) is 0 Å². The lowest BCUT2D eigenvalue weighted by atomic mass is 10.1. The molecule has 3 rings (SSSR count). The number of carbonyl (C=O) groups excluding carboxylic acids is 1. The molecule has 1 heterocycles. The number of benzene rings is 2. The van der Waals surface area contributed by atoms with Crippen LogP contribution < -0.4 is 10.8 Å². The molecular formula is C18H14BrClF2N2O5. The van der Waals surface area contributed by atoms with E-state index in [-0.39, 0.29) is 32.9 Å². The number of hydrogen-bond acceptors (Lipinski definition) is 6. The Morgan fingerprint density at radius 2 is 2.10 bits per heavy atom. The van der Waals surface area contributed by atoms with E-state index in [1.54, 1.807) is 0 Å². The number of fused-ring (bicyclic) bond motifs is 1. The lowest BCUT2D eigenvalue weighted by Gasteiger charge is -2.15. The number of aliphatic hydroxyl groups is 2. The summed E-state index contributed by atoms with van der Waals surface area (Å²) in [7, 11) is 0. The minimum atomic E-state index is -1.22. The van der Waals surface area contributed by atoms with E-state index in [0.29, 0.717) is 4.47 Å². The van der Waals surface area contributed by atoms with Crippen LogP contribution in [0.15, 0.2) is 39.4 Å². The van der Waals surface area contributed by atoms with Gasteiger partial charge in [0.1, 0.15) is 24.8 Å². The molecule has 0 aliphatic carbocycles. The summed E-state index contributed by atoms with van der Waals surface area (Å²) in [5.41, 5.74) is 1.10. The maximum atomic E-state index is 15.1. The van der Waals surface area contributed by atoms with Gasteiger partial charge in [0, 0.05) is 9.86 Å². The Kier molecular flexibility index (Phi) is 6.70. The van der Waals surface area contributed by atoms with Crippen LogP contribution in [-0.4, -0.2) is 35.4 Å². The van der Waals surface area contributed by atoms with Crippen LogP contribution in [0, 0.1) is 11.6 Å². The monoisotopic (exact) mass is 490 g/mol. The molecule has 0 spiro atoms. The molecule has 1 atom stereocenters. The van der Waals surface area contributed by atoms with Crippen LogP contribution in [0.3, 0.4) is 0 Å². The SMILES string of the molecule is O=C(NOCC(O)CO)c1cc2c(Cl)coc2c(F)c1Nc1ccc(Br)cc1F. The normalized spacial score (nSPS) is 12.2. The lowest BCUT2D eigenvalue weighted by molar-refractivity contribution is -0.0295. The van der Waals surface area contributed by atoms with E-state index in [1.165, 1.54) is 24.3 Å². The van der Waals surface area contributed by atoms with Crippen LogP contribution in [-0.2, 0) is 4.84 Å². The fraction of sp³-hybridized carbons (Fsp3) is 0.167. The summed E-state index contributed by atoms with van der Waals surface area (Å²) in [5, 5.41) is 20.8. The van der Waals surface area contributed by atoms with Crippen molar-refractivity contribution in [1.82, 2.24) is 5.48 Å². The molecule has 0 aliphatic heterocycles. The molecule has 29 heavy (non-hydrogen) atoms. The molecule has 0 fully saturated rings. The third kappa shape index (κ3) is 4.68. The van der Waals surface area contributed by atoms with Crippen LogP contribution in [0.5, 0.6) is 0 Å². The summed E-state index contributed by atoms with van der Waals surface area (Å²) in [6, 6.07) is 5.31. The second kappa shape index (κ2) is 9.06. The van der Waals surface area contributed by atoms with Gasteiger partial charge in [0.2, 0.25) is 0 Å². The summed E-state index contributed by atoms with van der Waals surface area (Å²) in [6.07, 6.45) is -0.109. The summed E-state index contributed by atoms with van der Waals surface area (Å²) in [6.45, 7) is -0.972. The zero-order valence-electron chi connectivity index (χ0n) is 14.5. The van der Waals surface area contributed by atoms with Gasteiger partial charge in [-0.15, -0.1) is 0 Å². The molecule has 1 amide bonds. The zero-order valence-corrected chi connectivity index (χ0v) is 16.9. The van der Waals surface area contributed by atoms with E-state index >= 15 is 4.39 Å². The second-order valence-corrected chi connectivity index (χ2v) is 7.22. The first-order valence-corrected chi connectivity index (χ1v) is 9.31. The number of hydroxylamine groups is 1. The molecular weight excluding hydrogens is 478 g/mol. The molecule has 0 bridgehead atoms. The quantitative estimate of drug-likeness (QED) is 0.374. The molecule has 11 heteroatoms. The Bertz CT molecular complexity index is 1060. The van der Waals surface area contributed by atoms with Crippen molar-refractivity contribution in [1.29, 1.82) is 0 Å². The molecule has 7 nitrogen and oxygen atoms in total. The lowest BCUT2D eigenvalue weighted by Crippen LogP contribution is -2.30. The molecule has 1 aromatic heterocycles. The van der Waals surface area contributed by atoms with Crippen LogP contribution in [0.2, 0.25) is 5.02 Å². The Balaban J connectivity index is 2.00. The zero-order chi connectivity index (χ0) is 21.1. The highest BCUT2D eigenvalue weighted by atomic mass is 79.9. The molecule has 154 valence electrons. The molecule has 0 saturated carbocycles. The van der Waals surface area contributed by atoms with Gasteiger partial charge < -0.3 is 19.9 Å². The summed E-state index contributed by atoms with van der Waals surface area (Å²) in [5.74, 6) is -2.55. The Labute approximate surface area is 176 Å². The van der Waals surface area contributed by atoms with Gasteiger partial charge in [-0.3, -0.25) is 9.63 Å². The highest BCUT2D eigenvalue weighted by Crippen LogP contribution is 2.36. The van der Waals surface area contributed by atoms with Gasteiger partial charge >= 0.3 is 0 Å². The smallest absolute Gasteiger partial charge is 0.277 e. The van der Waals surface area contributed by atoms with Gasteiger partial charge in [-0.1, -0.05) is 27.5 Å². The number of furan rings is 1. The van der Waals surface area contributed by atoms with Gasteiger partial charge in [-0.05, 0) is 24.3 Å². The Morgan fingerprint density at radius 1 is 1.34 bits per heavy atom. The highest BCUT2D eigenvalue weighted by Gasteiger charge is 2.23. The van der Waals surface area contributed by atoms with Crippen molar-refractivity contribution in [3.63, 3.8) is 0 Å². The van der Waals surface area contributed by atoms with Crippen LogP contribution in [0.25, 0.3) is 11.0 Å². The van der Waals surface area contributed by atoms with Gasteiger partial charge in [0.05, 0.1) is 28.6 Å². The number of rotatable bonds is 7. The number of carbonyl (C=O) groups is 1. The third-order valence-corrected chi connectivity index (χ3v) is 4.63. The van der Waals surface area contributed by atoms with Crippen molar-refractivity contribution < 1.29 is 33.0 Å². The number of nitrogens with one attached hydrogen (secondary N) is 2. The first-order valence-electron chi connectivity index (χ1n) is 8.14. The maximum absolute atomic E-state index is 15.1. The van der Waals surface area contributed by atoms with Gasteiger partial charge in [-0.25, -0.2) is 14.3 Å². The second-order valence-electron chi connectivity index (χ2n) is 5.90. The van der Waals surface area contributed by atoms with Crippen molar-refractivity contribution in [3.8, 4) is 0 Å². The van der Waals surface area contributed by atoms with Gasteiger partial charge in [0.15, 0.2) is 11.4 Å². The first-order chi connectivity index (χ1) is 13.8. The Hall–Kier alpha value is -2.24. The van der Waals surface area contributed by atoms with Gasteiger partial charge in [-0.2, -0.15) is 0 Å². The first kappa shape index (κ1) is 21.5. The van der Waals surface area contributed by atoms with E-state index in [0.717, 1.165) is 6.26 Å². The van der Waals surface area contributed by atoms with E-state index in [9.17, 15) is 14.3 Å². The predicted octanol–water partition coefficient (Wildman–Crippen LogP) is 3.89. The average Bonchev–Trinajstić information content (AvgIpc) is 3.06. The van der Waals surface area contributed by atoms with Crippen molar-refractivity contribution in [2.75, 3.05) is 18.5 Å². The maximum Gasteiger partial charge on any atom is 0.277 e. The summed E-state index contributed by atoms with van der Waals surface area (Å²) < 4.78 is 34.8. The third-order valence-electron chi connectivity index (χ3n) is 3.85. The molecule has 0 aliphatic rings. The molecule has 2 aromatic carbocycles.